The van der Waals surface area contributed by atoms with Crippen LogP contribution in [0.2, 0.25) is 10.0 Å². The molecule has 0 spiro atoms. The maximum atomic E-state index is 13.4. The summed E-state index contributed by atoms with van der Waals surface area (Å²) >= 11 is 11.6. The number of ether oxygens (including phenoxy) is 1. The first-order chi connectivity index (χ1) is 14.0. The van der Waals surface area contributed by atoms with Gasteiger partial charge in [-0.15, -0.1) is 0 Å². The van der Waals surface area contributed by atoms with Crippen LogP contribution in [0, 0.1) is 5.82 Å². The minimum atomic E-state index is -0.589. The van der Waals surface area contributed by atoms with E-state index < -0.39 is 5.82 Å². The van der Waals surface area contributed by atoms with Gasteiger partial charge in [0.05, 0.1) is 11.1 Å². The van der Waals surface area contributed by atoms with Crippen LogP contribution in [0.4, 0.5) is 4.39 Å². The number of halogens is 3. The summed E-state index contributed by atoms with van der Waals surface area (Å²) < 4.78 is 24.5. The van der Waals surface area contributed by atoms with Crippen molar-refractivity contribution in [2.24, 2.45) is 0 Å². The fourth-order valence-corrected chi connectivity index (χ4v) is 3.53. The third kappa shape index (κ3) is 4.80. The molecule has 2 aromatic carbocycles. The Hall–Kier alpha value is -2.35. The number of oxazole rings is 1. The highest BCUT2D eigenvalue weighted by Crippen LogP contribution is 2.27. The lowest BCUT2D eigenvalue weighted by atomic mass is 10.0. The number of benzene rings is 2. The molecule has 1 aliphatic rings. The number of hydrogen-bond acceptors (Lipinski definition) is 5. The number of nitrogens with zero attached hydrogens (tertiary/aromatic N) is 1. The molecule has 0 saturated carbocycles. The summed E-state index contributed by atoms with van der Waals surface area (Å²) in [7, 11) is 0. The van der Waals surface area contributed by atoms with Crippen LogP contribution in [0.15, 0.2) is 40.8 Å². The van der Waals surface area contributed by atoms with Crippen LogP contribution >= 0.6 is 23.2 Å². The van der Waals surface area contributed by atoms with Crippen LogP contribution in [-0.2, 0) is 4.79 Å². The first-order valence-electron chi connectivity index (χ1n) is 9.14. The summed E-state index contributed by atoms with van der Waals surface area (Å²) in [6, 6.07) is 9.31. The highest BCUT2D eigenvalue weighted by Gasteiger charge is 2.26. The van der Waals surface area contributed by atoms with Crippen LogP contribution in [0.3, 0.4) is 0 Å². The molecule has 9 heteroatoms. The molecule has 0 radical (unpaired) electrons. The van der Waals surface area contributed by atoms with Gasteiger partial charge in [0.2, 0.25) is 5.89 Å². The minimum Gasteiger partial charge on any atom is -0.484 e. The normalized spacial score (nSPS) is 19.3. The molecule has 1 fully saturated rings. The van der Waals surface area contributed by atoms with E-state index in [0.717, 1.165) is 24.4 Å². The number of piperidine rings is 1. The zero-order valence-electron chi connectivity index (χ0n) is 15.3. The van der Waals surface area contributed by atoms with Crippen molar-refractivity contribution in [3.05, 3.63) is 58.2 Å². The van der Waals surface area contributed by atoms with Gasteiger partial charge in [0.15, 0.2) is 12.2 Å². The van der Waals surface area contributed by atoms with Crippen molar-refractivity contribution in [1.82, 2.24) is 15.6 Å². The van der Waals surface area contributed by atoms with Crippen molar-refractivity contribution >= 4 is 40.2 Å². The van der Waals surface area contributed by atoms with E-state index in [9.17, 15) is 9.18 Å². The van der Waals surface area contributed by atoms with Crippen molar-refractivity contribution in [2.45, 2.75) is 24.9 Å². The SMILES string of the molecule is O=C(COc1ccc(Cl)c(F)c1)NC1CC[C@H](c2nc3cc(Cl)ccc3o2)NC1. The Morgan fingerprint density at radius 2 is 2.14 bits per heavy atom. The quantitative estimate of drug-likeness (QED) is 0.623. The molecule has 1 amide bonds. The van der Waals surface area contributed by atoms with Crippen LogP contribution in [0.1, 0.15) is 24.8 Å². The number of aromatic nitrogens is 1. The van der Waals surface area contributed by atoms with Gasteiger partial charge in [-0.1, -0.05) is 23.2 Å². The maximum Gasteiger partial charge on any atom is 0.258 e. The van der Waals surface area contributed by atoms with Gasteiger partial charge in [-0.3, -0.25) is 4.79 Å². The van der Waals surface area contributed by atoms with Crippen LogP contribution in [-0.4, -0.2) is 30.1 Å². The Balaban J connectivity index is 1.26. The Morgan fingerprint density at radius 3 is 2.90 bits per heavy atom. The van der Waals surface area contributed by atoms with Gasteiger partial charge in [0.25, 0.3) is 5.91 Å². The average Bonchev–Trinajstić information content (AvgIpc) is 3.12. The van der Waals surface area contributed by atoms with Crippen molar-refractivity contribution in [2.75, 3.05) is 13.2 Å². The average molecular weight is 438 g/mol. The van der Waals surface area contributed by atoms with E-state index in [1.165, 1.54) is 12.1 Å². The Labute approximate surface area is 176 Å². The lowest BCUT2D eigenvalue weighted by Crippen LogP contribution is -2.48. The molecule has 2 atom stereocenters. The number of carbonyl (C=O) groups is 1. The molecule has 2 heterocycles. The number of carbonyl (C=O) groups excluding carboxylic acids is 1. The van der Waals surface area contributed by atoms with Gasteiger partial charge in [0, 0.05) is 23.7 Å². The van der Waals surface area contributed by atoms with Gasteiger partial charge >= 0.3 is 0 Å². The van der Waals surface area contributed by atoms with Crippen molar-refractivity contribution in [1.29, 1.82) is 0 Å². The van der Waals surface area contributed by atoms with E-state index >= 15 is 0 Å². The molecule has 3 aromatic rings. The first kappa shape index (κ1) is 19.9. The number of nitrogens with one attached hydrogen (secondary N) is 2. The molecule has 2 N–H and O–H groups in total. The van der Waals surface area contributed by atoms with E-state index in [4.69, 9.17) is 32.4 Å². The molecule has 0 aliphatic carbocycles. The summed E-state index contributed by atoms with van der Waals surface area (Å²) in [4.78, 5) is 16.6. The molecular formula is C20H18Cl2FN3O3. The fraction of sp³-hybridized carbons (Fsp3) is 0.300. The topological polar surface area (TPSA) is 76.4 Å². The predicted octanol–water partition coefficient (Wildman–Crippen LogP) is 4.26. The summed E-state index contributed by atoms with van der Waals surface area (Å²) in [6.45, 7) is 0.373. The van der Waals surface area contributed by atoms with Gasteiger partial charge in [0.1, 0.15) is 17.1 Å². The van der Waals surface area contributed by atoms with Gasteiger partial charge < -0.3 is 19.8 Å². The van der Waals surface area contributed by atoms with E-state index in [2.05, 4.69) is 15.6 Å². The van der Waals surface area contributed by atoms with Crippen molar-refractivity contribution in [3.63, 3.8) is 0 Å². The van der Waals surface area contributed by atoms with Crippen LogP contribution < -0.4 is 15.4 Å². The highest BCUT2D eigenvalue weighted by atomic mass is 35.5. The molecule has 1 saturated heterocycles. The Morgan fingerprint density at radius 1 is 1.28 bits per heavy atom. The number of amides is 1. The zero-order valence-corrected chi connectivity index (χ0v) is 16.8. The van der Waals surface area contributed by atoms with E-state index in [1.54, 1.807) is 18.2 Å². The fourth-order valence-electron chi connectivity index (χ4n) is 3.24. The number of hydrogen-bond donors (Lipinski definition) is 2. The molecule has 6 nitrogen and oxygen atoms in total. The minimum absolute atomic E-state index is 0.00618. The van der Waals surface area contributed by atoms with Gasteiger partial charge in [-0.2, -0.15) is 0 Å². The molecule has 1 unspecified atom stereocenters. The number of rotatable bonds is 5. The van der Waals surface area contributed by atoms with E-state index in [1.807, 2.05) is 0 Å². The molecule has 152 valence electrons. The molecule has 1 aromatic heterocycles. The lowest BCUT2D eigenvalue weighted by molar-refractivity contribution is -0.124. The molecule has 1 aliphatic heterocycles. The van der Waals surface area contributed by atoms with Crippen molar-refractivity contribution < 1.29 is 18.3 Å². The third-order valence-corrected chi connectivity index (χ3v) is 5.25. The van der Waals surface area contributed by atoms with E-state index in [0.29, 0.717) is 23.0 Å². The second-order valence-corrected chi connectivity index (χ2v) is 7.67. The molecule has 29 heavy (non-hydrogen) atoms. The Kier molecular flexibility index (Phi) is 5.89. The standard InChI is InChI=1S/C20H18Cl2FN3O3/c21-11-1-6-18-17(7-11)26-20(29-18)16-5-2-12(9-24-16)25-19(27)10-28-13-3-4-14(22)15(23)8-13/h1,3-4,6-8,12,16,24H,2,5,9-10H2,(H,25,27)/t12?,16-/m1/s1. The van der Waals surface area contributed by atoms with Crippen LogP contribution in [0.5, 0.6) is 5.75 Å². The summed E-state index contributed by atoms with van der Waals surface area (Å²) in [5, 5.41) is 6.87. The third-order valence-electron chi connectivity index (χ3n) is 4.70. The second kappa shape index (κ2) is 8.57. The molecule has 4 rings (SSSR count). The van der Waals surface area contributed by atoms with Crippen molar-refractivity contribution in [3.8, 4) is 5.75 Å². The maximum absolute atomic E-state index is 13.4. The second-order valence-electron chi connectivity index (χ2n) is 6.83. The van der Waals surface area contributed by atoms with Gasteiger partial charge in [-0.05, 0) is 43.2 Å². The number of fused-ring (bicyclic) bond motifs is 1. The summed E-state index contributed by atoms with van der Waals surface area (Å²) in [5.74, 6) is -0.00392. The highest BCUT2D eigenvalue weighted by molar-refractivity contribution is 6.31. The smallest absolute Gasteiger partial charge is 0.258 e. The monoisotopic (exact) mass is 437 g/mol. The summed E-state index contributed by atoms with van der Waals surface area (Å²) in [6.07, 6.45) is 1.52. The molecule has 0 bridgehead atoms. The lowest BCUT2D eigenvalue weighted by Gasteiger charge is -2.28. The zero-order chi connectivity index (χ0) is 20.4. The van der Waals surface area contributed by atoms with Gasteiger partial charge in [-0.25, -0.2) is 9.37 Å². The summed E-state index contributed by atoms with van der Waals surface area (Å²) in [5.41, 5.74) is 1.41. The Bertz CT molecular complexity index is 1030. The van der Waals surface area contributed by atoms with Crippen LogP contribution in [0.25, 0.3) is 11.1 Å². The molecular weight excluding hydrogens is 420 g/mol. The predicted molar refractivity (Wildman–Crippen MR) is 108 cm³/mol. The first-order valence-corrected chi connectivity index (χ1v) is 9.90. The largest absolute Gasteiger partial charge is 0.484 e. The van der Waals surface area contributed by atoms with E-state index in [-0.39, 0.29) is 35.4 Å².